The molecule has 2 aliphatic rings. The molecule has 2 aliphatic heterocycles. The average Bonchev–Trinajstić information content (AvgIpc) is 3.14. The van der Waals surface area contributed by atoms with E-state index in [1.165, 1.54) is 12.8 Å². The van der Waals surface area contributed by atoms with Crippen LogP contribution in [0.15, 0.2) is 12.4 Å². The van der Waals surface area contributed by atoms with Crippen LogP contribution in [0.4, 0.5) is 0 Å². The molecule has 0 saturated carbocycles. The largest absolute Gasteiger partial charge is 0.342 e. The lowest BCUT2D eigenvalue weighted by molar-refractivity contribution is -0.131. The SMILES string of the molecule is Cn1ccnc1CN1CCN(CC(=O)N2CCCC2)CC1. The Labute approximate surface area is 126 Å². The summed E-state index contributed by atoms with van der Waals surface area (Å²) >= 11 is 0. The normalized spacial score (nSPS) is 21.1. The van der Waals surface area contributed by atoms with Crippen LogP contribution >= 0.6 is 0 Å². The van der Waals surface area contributed by atoms with Gasteiger partial charge in [-0.1, -0.05) is 0 Å². The van der Waals surface area contributed by atoms with Crippen molar-refractivity contribution in [3.63, 3.8) is 0 Å². The summed E-state index contributed by atoms with van der Waals surface area (Å²) in [4.78, 5) is 23.2. The number of aromatic nitrogens is 2. The number of amides is 1. The van der Waals surface area contributed by atoms with Crippen molar-refractivity contribution in [1.82, 2.24) is 24.3 Å². The van der Waals surface area contributed by atoms with E-state index in [4.69, 9.17) is 0 Å². The molecule has 2 saturated heterocycles. The Morgan fingerprint density at radius 3 is 2.38 bits per heavy atom. The van der Waals surface area contributed by atoms with Crippen molar-refractivity contribution < 1.29 is 4.79 Å². The fourth-order valence-corrected chi connectivity index (χ4v) is 3.11. The Kier molecular flexibility index (Phi) is 4.55. The maximum atomic E-state index is 12.2. The third-order valence-corrected chi connectivity index (χ3v) is 4.57. The maximum absolute atomic E-state index is 12.2. The molecule has 3 heterocycles. The molecule has 0 aromatic carbocycles. The lowest BCUT2D eigenvalue weighted by Gasteiger charge is -2.34. The predicted molar refractivity (Wildman–Crippen MR) is 80.7 cm³/mol. The molecule has 116 valence electrons. The Bertz CT molecular complexity index is 472. The molecule has 0 unspecified atom stereocenters. The first kappa shape index (κ1) is 14.5. The number of piperazine rings is 1. The third-order valence-electron chi connectivity index (χ3n) is 4.57. The Balaban J connectivity index is 1.42. The van der Waals surface area contributed by atoms with E-state index in [-0.39, 0.29) is 0 Å². The van der Waals surface area contributed by atoms with Gasteiger partial charge in [-0.2, -0.15) is 0 Å². The molecule has 0 spiro atoms. The van der Waals surface area contributed by atoms with E-state index in [1.807, 2.05) is 24.3 Å². The number of nitrogens with zero attached hydrogens (tertiary/aromatic N) is 5. The number of carbonyl (C=O) groups is 1. The number of imidazole rings is 1. The zero-order valence-corrected chi connectivity index (χ0v) is 12.9. The van der Waals surface area contributed by atoms with Gasteiger partial charge in [-0.25, -0.2) is 4.98 Å². The van der Waals surface area contributed by atoms with Gasteiger partial charge in [-0.15, -0.1) is 0 Å². The van der Waals surface area contributed by atoms with Crippen molar-refractivity contribution in [2.75, 3.05) is 45.8 Å². The Morgan fingerprint density at radius 2 is 1.76 bits per heavy atom. The molecule has 1 aromatic heterocycles. The van der Waals surface area contributed by atoms with E-state index in [2.05, 4.69) is 19.4 Å². The molecule has 3 rings (SSSR count). The number of hydrogen-bond donors (Lipinski definition) is 0. The van der Waals surface area contributed by atoms with E-state index in [0.29, 0.717) is 12.5 Å². The number of hydrogen-bond acceptors (Lipinski definition) is 4. The van der Waals surface area contributed by atoms with Gasteiger partial charge in [0.25, 0.3) is 0 Å². The van der Waals surface area contributed by atoms with Crippen molar-refractivity contribution in [2.45, 2.75) is 19.4 Å². The molecule has 6 heteroatoms. The van der Waals surface area contributed by atoms with E-state index < -0.39 is 0 Å². The van der Waals surface area contributed by atoms with E-state index >= 15 is 0 Å². The number of likely N-dealkylation sites (tertiary alicyclic amines) is 1. The highest BCUT2D eigenvalue weighted by Gasteiger charge is 2.23. The van der Waals surface area contributed by atoms with Gasteiger partial charge in [0.05, 0.1) is 13.1 Å². The monoisotopic (exact) mass is 291 g/mol. The Hall–Kier alpha value is -1.40. The van der Waals surface area contributed by atoms with Crippen LogP contribution in [0, 0.1) is 0 Å². The zero-order chi connectivity index (χ0) is 14.7. The van der Waals surface area contributed by atoms with Crippen LogP contribution in [0.1, 0.15) is 18.7 Å². The Morgan fingerprint density at radius 1 is 1.10 bits per heavy atom. The number of aryl methyl sites for hydroxylation is 1. The smallest absolute Gasteiger partial charge is 0.236 e. The zero-order valence-electron chi connectivity index (χ0n) is 12.9. The molecule has 0 bridgehead atoms. The van der Waals surface area contributed by atoms with E-state index in [1.54, 1.807) is 0 Å². The van der Waals surface area contributed by atoms with Crippen molar-refractivity contribution in [1.29, 1.82) is 0 Å². The summed E-state index contributed by atoms with van der Waals surface area (Å²) in [5.74, 6) is 1.42. The molecule has 21 heavy (non-hydrogen) atoms. The second-order valence-electron chi connectivity index (χ2n) is 6.09. The standard InChI is InChI=1S/C15H25N5O/c1-17-7-4-16-14(17)12-18-8-10-19(11-9-18)13-15(21)20-5-2-3-6-20/h4,7H,2-3,5-6,8-13H2,1H3. The van der Waals surface area contributed by atoms with Crippen molar-refractivity contribution in [3.8, 4) is 0 Å². The topological polar surface area (TPSA) is 44.6 Å². The van der Waals surface area contributed by atoms with Gasteiger partial charge in [0.15, 0.2) is 0 Å². The van der Waals surface area contributed by atoms with Gasteiger partial charge in [0.1, 0.15) is 5.82 Å². The van der Waals surface area contributed by atoms with Crippen LogP contribution in [0.5, 0.6) is 0 Å². The van der Waals surface area contributed by atoms with Crippen LogP contribution in [-0.4, -0.2) is 76.0 Å². The molecule has 2 fully saturated rings. The van der Waals surface area contributed by atoms with Crippen LogP contribution in [0.2, 0.25) is 0 Å². The summed E-state index contributed by atoms with van der Waals surface area (Å²) in [6, 6.07) is 0. The summed E-state index contributed by atoms with van der Waals surface area (Å²) in [5, 5.41) is 0. The van der Waals surface area contributed by atoms with Crippen LogP contribution < -0.4 is 0 Å². The first-order valence-corrected chi connectivity index (χ1v) is 7.91. The summed E-state index contributed by atoms with van der Waals surface area (Å²) < 4.78 is 2.07. The molecule has 1 amide bonds. The molecular weight excluding hydrogens is 266 g/mol. The highest BCUT2D eigenvalue weighted by Crippen LogP contribution is 2.10. The molecule has 0 atom stereocenters. The fraction of sp³-hybridized carbons (Fsp3) is 0.733. The first-order valence-electron chi connectivity index (χ1n) is 7.91. The van der Waals surface area contributed by atoms with Crippen molar-refractivity contribution in [3.05, 3.63) is 18.2 Å². The molecule has 6 nitrogen and oxygen atoms in total. The summed E-state index contributed by atoms with van der Waals surface area (Å²) in [5.41, 5.74) is 0. The van der Waals surface area contributed by atoms with Gasteiger partial charge in [-0.3, -0.25) is 14.6 Å². The van der Waals surface area contributed by atoms with Gasteiger partial charge >= 0.3 is 0 Å². The van der Waals surface area contributed by atoms with Crippen molar-refractivity contribution in [2.24, 2.45) is 7.05 Å². The highest BCUT2D eigenvalue weighted by atomic mass is 16.2. The molecule has 1 aromatic rings. The van der Waals surface area contributed by atoms with Crippen LogP contribution in [0.25, 0.3) is 0 Å². The summed E-state index contributed by atoms with van der Waals surface area (Å²) in [7, 11) is 2.04. The fourth-order valence-electron chi connectivity index (χ4n) is 3.11. The first-order chi connectivity index (χ1) is 10.2. The molecule has 0 aliphatic carbocycles. The second-order valence-corrected chi connectivity index (χ2v) is 6.09. The quantitative estimate of drug-likeness (QED) is 0.793. The minimum atomic E-state index is 0.310. The van der Waals surface area contributed by atoms with Crippen LogP contribution in [-0.2, 0) is 18.4 Å². The number of carbonyl (C=O) groups excluding carboxylic acids is 1. The van der Waals surface area contributed by atoms with Gasteiger partial charge in [0, 0.05) is 58.7 Å². The average molecular weight is 291 g/mol. The van der Waals surface area contributed by atoms with E-state index in [0.717, 1.165) is 51.6 Å². The highest BCUT2D eigenvalue weighted by molar-refractivity contribution is 5.78. The van der Waals surface area contributed by atoms with Gasteiger partial charge in [-0.05, 0) is 12.8 Å². The number of rotatable bonds is 4. The van der Waals surface area contributed by atoms with Crippen LogP contribution in [0.3, 0.4) is 0 Å². The molecule has 0 radical (unpaired) electrons. The summed E-state index contributed by atoms with van der Waals surface area (Å²) in [6.07, 6.45) is 6.17. The minimum absolute atomic E-state index is 0.310. The summed E-state index contributed by atoms with van der Waals surface area (Å²) in [6.45, 7) is 7.39. The minimum Gasteiger partial charge on any atom is -0.342 e. The lowest BCUT2D eigenvalue weighted by Crippen LogP contribution is -2.49. The van der Waals surface area contributed by atoms with Crippen molar-refractivity contribution >= 4 is 5.91 Å². The molecular formula is C15H25N5O. The van der Waals surface area contributed by atoms with Gasteiger partial charge in [0.2, 0.25) is 5.91 Å². The lowest BCUT2D eigenvalue weighted by atomic mass is 10.3. The predicted octanol–water partition coefficient (Wildman–Crippen LogP) is 0.160. The van der Waals surface area contributed by atoms with Gasteiger partial charge < -0.3 is 9.47 Å². The second kappa shape index (κ2) is 6.58. The molecule has 0 N–H and O–H groups in total. The third kappa shape index (κ3) is 3.63. The maximum Gasteiger partial charge on any atom is 0.236 e. The van der Waals surface area contributed by atoms with E-state index in [9.17, 15) is 4.79 Å².